The number of likely N-dealkylation sites (tertiary alicyclic amines) is 1. The Kier molecular flexibility index (Phi) is 6.66. The molecule has 1 saturated heterocycles. The zero-order valence-corrected chi connectivity index (χ0v) is 21.0. The van der Waals surface area contributed by atoms with E-state index in [1.807, 2.05) is 24.3 Å². The van der Waals surface area contributed by atoms with Crippen LogP contribution in [0.25, 0.3) is 11.3 Å². The van der Waals surface area contributed by atoms with Crippen molar-refractivity contribution in [2.75, 3.05) is 13.1 Å². The lowest BCUT2D eigenvalue weighted by Crippen LogP contribution is -2.55. The molecule has 2 aliphatic carbocycles. The molecule has 5 nitrogen and oxygen atoms in total. The Balaban J connectivity index is 1.06. The fourth-order valence-corrected chi connectivity index (χ4v) is 6.72. The van der Waals surface area contributed by atoms with Crippen molar-refractivity contribution < 1.29 is 14.1 Å². The normalized spacial score (nSPS) is 25.8. The summed E-state index contributed by atoms with van der Waals surface area (Å²) in [6.45, 7) is 2.81. The van der Waals surface area contributed by atoms with E-state index in [1.54, 1.807) is 0 Å². The fourth-order valence-electron chi connectivity index (χ4n) is 6.72. The first-order valence-electron chi connectivity index (χ1n) is 13.7. The Morgan fingerprint density at radius 2 is 1.72 bits per heavy atom. The van der Waals surface area contributed by atoms with Crippen LogP contribution in [0.3, 0.4) is 0 Å². The third-order valence-electron chi connectivity index (χ3n) is 8.83. The van der Waals surface area contributed by atoms with E-state index >= 15 is 0 Å². The SMILES string of the molecule is O=C(O[C@H]1CC2CN(Cc3cc(-c4ccccc4)no3)CCC21)C1(c2ccccc2)CCCCCC1. The summed E-state index contributed by atoms with van der Waals surface area (Å²) in [6, 6.07) is 22.6. The summed E-state index contributed by atoms with van der Waals surface area (Å²) in [5, 5.41) is 4.27. The van der Waals surface area contributed by atoms with E-state index in [-0.39, 0.29) is 12.1 Å². The van der Waals surface area contributed by atoms with Gasteiger partial charge in [-0.25, -0.2) is 0 Å². The second-order valence-corrected chi connectivity index (χ2v) is 11.0. The van der Waals surface area contributed by atoms with E-state index in [1.165, 1.54) is 12.8 Å². The van der Waals surface area contributed by atoms with Crippen LogP contribution in [0.5, 0.6) is 0 Å². The molecule has 3 aliphatic rings. The summed E-state index contributed by atoms with van der Waals surface area (Å²) >= 11 is 0. The number of benzene rings is 2. The number of hydrogen-bond donors (Lipinski definition) is 0. The molecule has 0 amide bonds. The Labute approximate surface area is 213 Å². The fraction of sp³-hybridized carbons (Fsp3) is 0.484. The Morgan fingerprint density at radius 1 is 1.00 bits per heavy atom. The van der Waals surface area contributed by atoms with Crippen LogP contribution in [0, 0.1) is 11.8 Å². The summed E-state index contributed by atoms with van der Waals surface area (Å²) in [6.07, 6.45) is 8.56. The minimum Gasteiger partial charge on any atom is -0.461 e. The topological polar surface area (TPSA) is 55.6 Å². The summed E-state index contributed by atoms with van der Waals surface area (Å²) in [5.74, 6) is 2.01. The van der Waals surface area contributed by atoms with Crippen LogP contribution in [-0.4, -0.2) is 35.2 Å². The molecule has 1 aliphatic heterocycles. The summed E-state index contributed by atoms with van der Waals surface area (Å²) in [7, 11) is 0. The second-order valence-electron chi connectivity index (χ2n) is 11.0. The van der Waals surface area contributed by atoms with Gasteiger partial charge >= 0.3 is 5.97 Å². The molecule has 3 atom stereocenters. The zero-order chi connectivity index (χ0) is 24.4. The summed E-state index contributed by atoms with van der Waals surface area (Å²) in [5.41, 5.74) is 2.65. The first-order valence-corrected chi connectivity index (χ1v) is 13.7. The number of rotatable bonds is 6. The van der Waals surface area contributed by atoms with Crippen LogP contribution in [0.15, 0.2) is 71.3 Å². The molecular weight excluding hydrogens is 448 g/mol. The molecule has 2 saturated carbocycles. The van der Waals surface area contributed by atoms with Crippen LogP contribution >= 0.6 is 0 Å². The smallest absolute Gasteiger partial charge is 0.316 e. The number of carbonyl (C=O) groups is 1. The van der Waals surface area contributed by atoms with Crippen molar-refractivity contribution in [1.29, 1.82) is 0 Å². The van der Waals surface area contributed by atoms with Crippen LogP contribution in [0.1, 0.15) is 62.7 Å². The van der Waals surface area contributed by atoms with Crippen LogP contribution in [0.2, 0.25) is 0 Å². The van der Waals surface area contributed by atoms with E-state index in [0.29, 0.717) is 11.8 Å². The second kappa shape index (κ2) is 10.2. The first kappa shape index (κ1) is 23.5. The molecule has 188 valence electrons. The van der Waals surface area contributed by atoms with Gasteiger partial charge in [0.05, 0.1) is 12.0 Å². The molecule has 0 spiro atoms. The molecular formula is C31H36N2O3. The molecule has 3 fully saturated rings. The highest BCUT2D eigenvalue weighted by molar-refractivity contribution is 5.83. The number of fused-ring (bicyclic) bond motifs is 1. The van der Waals surface area contributed by atoms with Crippen molar-refractivity contribution in [3.8, 4) is 11.3 Å². The lowest BCUT2D eigenvalue weighted by Gasteiger charge is -2.50. The number of nitrogens with zero attached hydrogens (tertiary/aromatic N) is 2. The highest BCUT2D eigenvalue weighted by Crippen LogP contribution is 2.46. The Morgan fingerprint density at radius 3 is 2.44 bits per heavy atom. The maximum absolute atomic E-state index is 13.7. The molecule has 2 aromatic carbocycles. The number of ether oxygens (including phenoxy) is 1. The molecule has 2 unspecified atom stereocenters. The highest BCUT2D eigenvalue weighted by Gasteiger charge is 2.49. The van der Waals surface area contributed by atoms with E-state index in [2.05, 4.69) is 52.5 Å². The maximum atomic E-state index is 13.7. The van der Waals surface area contributed by atoms with Crippen LogP contribution < -0.4 is 0 Å². The van der Waals surface area contributed by atoms with Crippen molar-refractivity contribution in [3.05, 3.63) is 78.1 Å². The monoisotopic (exact) mass is 484 g/mol. The third-order valence-corrected chi connectivity index (χ3v) is 8.83. The molecule has 6 rings (SSSR count). The van der Waals surface area contributed by atoms with Crippen LogP contribution in [0.4, 0.5) is 0 Å². The highest BCUT2D eigenvalue weighted by atomic mass is 16.5. The third kappa shape index (κ3) is 4.61. The predicted octanol–water partition coefficient (Wildman–Crippen LogP) is 6.39. The zero-order valence-electron chi connectivity index (χ0n) is 21.0. The van der Waals surface area contributed by atoms with Gasteiger partial charge in [-0.05, 0) is 43.7 Å². The molecule has 3 aromatic rings. The van der Waals surface area contributed by atoms with Gasteiger partial charge in [-0.1, -0.05) is 91.5 Å². The lowest BCUT2D eigenvalue weighted by atomic mass is 9.66. The molecule has 1 aromatic heterocycles. The minimum atomic E-state index is -0.466. The van der Waals surface area contributed by atoms with Crippen LogP contribution in [-0.2, 0) is 21.5 Å². The van der Waals surface area contributed by atoms with Gasteiger partial charge < -0.3 is 9.26 Å². The van der Waals surface area contributed by atoms with Crippen molar-refractivity contribution in [2.45, 2.75) is 69.4 Å². The van der Waals surface area contributed by atoms with Gasteiger partial charge in [0.25, 0.3) is 0 Å². The van der Waals surface area contributed by atoms with Gasteiger partial charge in [0, 0.05) is 24.1 Å². The molecule has 0 bridgehead atoms. The van der Waals surface area contributed by atoms with Crippen molar-refractivity contribution in [1.82, 2.24) is 10.1 Å². The minimum absolute atomic E-state index is 0.0246. The van der Waals surface area contributed by atoms with E-state index in [0.717, 1.165) is 80.7 Å². The van der Waals surface area contributed by atoms with Crippen molar-refractivity contribution in [3.63, 3.8) is 0 Å². The number of aromatic nitrogens is 1. The Bertz CT molecular complexity index is 1150. The average molecular weight is 485 g/mol. The van der Waals surface area contributed by atoms with E-state index in [9.17, 15) is 4.79 Å². The standard InChI is InChI=1S/C31H36N2O3/c34-30(31(16-9-1-2-10-17-31)25-13-7-4-8-14-25)35-29-19-24-21-33(18-15-27(24)29)22-26-20-28(32-36-26)23-11-5-3-6-12-23/h3-8,11-14,20,24,27,29H,1-2,9-10,15-19,21-22H2/t24?,27?,29-/m0/s1. The van der Waals surface area contributed by atoms with E-state index in [4.69, 9.17) is 9.26 Å². The molecule has 0 N–H and O–H groups in total. The van der Waals surface area contributed by atoms with Gasteiger partial charge in [0.1, 0.15) is 11.8 Å². The summed E-state index contributed by atoms with van der Waals surface area (Å²) in [4.78, 5) is 16.2. The van der Waals surface area contributed by atoms with Crippen molar-refractivity contribution >= 4 is 5.97 Å². The largest absolute Gasteiger partial charge is 0.461 e. The van der Waals surface area contributed by atoms with Gasteiger partial charge in [0.2, 0.25) is 0 Å². The number of carbonyl (C=O) groups excluding carboxylic acids is 1. The van der Waals surface area contributed by atoms with Gasteiger partial charge in [-0.15, -0.1) is 0 Å². The summed E-state index contributed by atoms with van der Waals surface area (Å²) < 4.78 is 12.0. The first-order chi connectivity index (χ1) is 17.7. The van der Waals surface area contributed by atoms with Gasteiger partial charge in [-0.3, -0.25) is 9.69 Å². The van der Waals surface area contributed by atoms with Gasteiger partial charge in [-0.2, -0.15) is 0 Å². The number of hydrogen-bond acceptors (Lipinski definition) is 5. The maximum Gasteiger partial charge on any atom is 0.316 e. The average Bonchev–Trinajstić information content (AvgIpc) is 3.23. The van der Waals surface area contributed by atoms with Crippen molar-refractivity contribution in [2.24, 2.45) is 11.8 Å². The number of esters is 1. The van der Waals surface area contributed by atoms with E-state index < -0.39 is 5.41 Å². The molecule has 0 radical (unpaired) electrons. The predicted molar refractivity (Wildman–Crippen MR) is 139 cm³/mol. The van der Waals surface area contributed by atoms with Gasteiger partial charge in [0.15, 0.2) is 5.76 Å². The molecule has 5 heteroatoms. The molecule has 2 heterocycles. The quantitative estimate of drug-likeness (QED) is 0.300. The Hall–Kier alpha value is -2.92. The lowest BCUT2D eigenvalue weighted by molar-refractivity contribution is -0.176. The molecule has 36 heavy (non-hydrogen) atoms. The number of piperidine rings is 1.